The standard InChI is InChI=1S/C19H18N2O3S/c1-11-13(10-16(24-11)12-6-3-4-8-15(12)23-2)18(22)21-19-20-14-7-5-9-17(14)25-19/h3-4,6,8,10H,5,7,9H2,1-2H3,(H,20,21,22). The molecule has 0 radical (unpaired) electrons. The molecule has 2 aromatic heterocycles. The van der Waals surface area contributed by atoms with Crippen molar-refractivity contribution in [3.8, 4) is 17.1 Å². The number of thiazole rings is 1. The van der Waals surface area contributed by atoms with Gasteiger partial charge in [-0.15, -0.1) is 11.3 Å². The maximum atomic E-state index is 12.6. The number of nitrogens with zero attached hydrogens (tertiary/aromatic N) is 1. The predicted molar refractivity (Wildman–Crippen MR) is 97.5 cm³/mol. The van der Waals surface area contributed by atoms with Crippen LogP contribution in [0.4, 0.5) is 5.13 Å². The summed E-state index contributed by atoms with van der Waals surface area (Å²) in [4.78, 5) is 18.4. The van der Waals surface area contributed by atoms with Gasteiger partial charge in [-0.3, -0.25) is 10.1 Å². The van der Waals surface area contributed by atoms with Crippen LogP contribution in [-0.4, -0.2) is 18.0 Å². The molecule has 5 nitrogen and oxygen atoms in total. The van der Waals surface area contributed by atoms with Crippen LogP contribution >= 0.6 is 11.3 Å². The molecule has 128 valence electrons. The summed E-state index contributed by atoms with van der Waals surface area (Å²) in [5.41, 5.74) is 2.45. The summed E-state index contributed by atoms with van der Waals surface area (Å²) in [5, 5.41) is 3.56. The summed E-state index contributed by atoms with van der Waals surface area (Å²) in [5.74, 6) is 1.69. The maximum absolute atomic E-state index is 12.6. The smallest absolute Gasteiger partial charge is 0.261 e. The molecule has 1 aromatic carbocycles. The summed E-state index contributed by atoms with van der Waals surface area (Å²) >= 11 is 1.57. The Balaban J connectivity index is 1.60. The van der Waals surface area contributed by atoms with Gasteiger partial charge in [-0.25, -0.2) is 4.98 Å². The van der Waals surface area contributed by atoms with E-state index in [0.29, 0.717) is 28.0 Å². The molecule has 3 aromatic rings. The van der Waals surface area contributed by atoms with Crippen molar-refractivity contribution in [2.75, 3.05) is 12.4 Å². The van der Waals surface area contributed by atoms with Gasteiger partial charge in [-0.2, -0.15) is 0 Å². The van der Waals surface area contributed by atoms with E-state index >= 15 is 0 Å². The molecule has 25 heavy (non-hydrogen) atoms. The molecule has 0 aliphatic heterocycles. The van der Waals surface area contributed by atoms with Gasteiger partial charge < -0.3 is 9.15 Å². The first-order chi connectivity index (χ1) is 12.2. The molecule has 1 amide bonds. The Morgan fingerprint density at radius 2 is 2.16 bits per heavy atom. The Morgan fingerprint density at radius 3 is 2.96 bits per heavy atom. The van der Waals surface area contributed by atoms with Crippen LogP contribution in [0.15, 0.2) is 34.7 Å². The number of para-hydroxylation sites is 1. The molecule has 0 atom stereocenters. The molecule has 0 unspecified atom stereocenters. The van der Waals surface area contributed by atoms with E-state index in [-0.39, 0.29) is 5.91 Å². The molecule has 0 saturated heterocycles. The Morgan fingerprint density at radius 1 is 1.32 bits per heavy atom. The van der Waals surface area contributed by atoms with Gasteiger partial charge in [0.25, 0.3) is 5.91 Å². The van der Waals surface area contributed by atoms with E-state index in [4.69, 9.17) is 9.15 Å². The molecule has 1 N–H and O–H groups in total. The summed E-state index contributed by atoms with van der Waals surface area (Å²) < 4.78 is 11.2. The van der Waals surface area contributed by atoms with Crippen LogP contribution in [0.1, 0.15) is 33.1 Å². The molecule has 1 aliphatic carbocycles. The van der Waals surface area contributed by atoms with Crippen molar-refractivity contribution in [3.05, 3.63) is 52.2 Å². The Bertz CT molecular complexity index is 921. The number of methoxy groups -OCH3 is 1. The van der Waals surface area contributed by atoms with Crippen LogP contribution in [0.3, 0.4) is 0 Å². The van der Waals surface area contributed by atoms with Crippen LogP contribution in [0.25, 0.3) is 11.3 Å². The number of amides is 1. The first-order valence-electron chi connectivity index (χ1n) is 8.19. The average Bonchev–Trinajstić information content (AvgIpc) is 3.29. The van der Waals surface area contributed by atoms with E-state index in [9.17, 15) is 4.79 Å². The summed E-state index contributed by atoms with van der Waals surface area (Å²) in [7, 11) is 1.61. The highest BCUT2D eigenvalue weighted by Gasteiger charge is 2.21. The molecule has 1 aliphatic rings. The van der Waals surface area contributed by atoms with Crippen molar-refractivity contribution >= 4 is 22.4 Å². The number of hydrogen-bond acceptors (Lipinski definition) is 5. The number of nitrogens with one attached hydrogen (secondary N) is 1. The van der Waals surface area contributed by atoms with E-state index in [1.165, 1.54) is 4.88 Å². The second-order valence-electron chi connectivity index (χ2n) is 5.98. The van der Waals surface area contributed by atoms with Gasteiger partial charge in [0, 0.05) is 4.88 Å². The molecule has 2 heterocycles. The number of benzene rings is 1. The molecule has 4 rings (SSSR count). The lowest BCUT2D eigenvalue weighted by Gasteiger charge is -2.04. The first kappa shape index (κ1) is 15.9. The van der Waals surface area contributed by atoms with Crippen molar-refractivity contribution in [1.82, 2.24) is 4.98 Å². The van der Waals surface area contributed by atoms with Crippen molar-refractivity contribution in [2.24, 2.45) is 0 Å². The van der Waals surface area contributed by atoms with E-state index in [2.05, 4.69) is 10.3 Å². The molecule has 0 bridgehead atoms. The molecule has 0 spiro atoms. The van der Waals surface area contributed by atoms with Crippen molar-refractivity contribution in [3.63, 3.8) is 0 Å². The van der Waals surface area contributed by atoms with Crippen LogP contribution in [0.2, 0.25) is 0 Å². The molecular weight excluding hydrogens is 336 g/mol. The number of carbonyl (C=O) groups excluding carboxylic acids is 1. The predicted octanol–water partition coefficient (Wildman–Crippen LogP) is 4.46. The zero-order chi connectivity index (χ0) is 17.4. The van der Waals surface area contributed by atoms with E-state index < -0.39 is 0 Å². The number of anilines is 1. The number of aryl methyl sites for hydroxylation is 3. The fourth-order valence-electron chi connectivity index (χ4n) is 3.10. The third-order valence-corrected chi connectivity index (χ3v) is 5.42. The van der Waals surface area contributed by atoms with Gasteiger partial charge in [-0.1, -0.05) is 12.1 Å². The zero-order valence-electron chi connectivity index (χ0n) is 14.1. The minimum atomic E-state index is -0.199. The Kier molecular flexibility index (Phi) is 4.05. The van der Waals surface area contributed by atoms with Crippen LogP contribution in [0.5, 0.6) is 5.75 Å². The number of rotatable bonds is 4. The molecular formula is C19H18N2O3S. The third kappa shape index (κ3) is 2.93. The lowest BCUT2D eigenvalue weighted by molar-refractivity contribution is 0.102. The summed E-state index contributed by atoms with van der Waals surface area (Å²) in [6, 6.07) is 9.33. The molecule has 0 saturated carbocycles. The number of fused-ring (bicyclic) bond motifs is 1. The first-order valence-corrected chi connectivity index (χ1v) is 9.01. The van der Waals surface area contributed by atoms with Crippen molar-refractivity contribution in [1.29, 1.82) is 0 Å². The van der Waals surface area contributed by atoms with Crippen LogP contribution < -0.4 is 10.1 Å². The number of aromatic nitrogens is 1. The third-order valence-electron chi connectivity index (χ3n) is 4.35. The number of hydrogen-bond donors (Lipinski definition) is 1. The highest BCUT2D eigenvalue weighted by atomic mass is 32.1. The van der Waals surface area contributed by atoms with Crippen molar-refractivity contribution in [2.45, 2.75) is 26.2 Å². The summed E-state index contributed by atoms with van der Waals surface area (Å²) in [6.07, 6.45) is 3.22. The largest absolute Gasteiger partial charge is 0.496 e. The molecule has 0 fully saturated rings. The second kappa shape index (κ2) is 6.37. The lowest BCUT2D eigenvalue weighted by Crippen LogP contribution is -2.12. The SMILES string of the molecule is COc1ccccc1-c1cc(C(=O)Nc2nc3c(s2)CCC3)c(C)o1. The fourth-order valence-corrected chi connectivity index (χ4v) is 4.14. The van der Waals surface area contributed by atoms with E-state index in [0.717, 1.165) is 30.5 Å². The van der Waals surface area contributed by atoms with Gasteiger partial charge in [0.15, 0.2) is 5.13 Å². The van der Waals surface area contributed by atoms with Gasteiger partial charge in [-0.05, 0) is 44.4 Å². The van der Waals surface area contributed by atoms with Gasteiger partial charge in [0.2, 0.25) is 0 Å². The minimum Gasteiger partial charge on any atom is -0.496 e. The highest BCUT2D eigenvalue weighted by molar-refractivity contribution is 7.16. The van der Waals surface area contributed by atoms with Gasteiger partial charge in [0.1, 0.15) is 17.3 Å². The maximum Gasteiger partial charge on any atom is 0.261 e. The zero-order valence-corrected chi connectivity index (χ0v) is 14.9. The normalized spacial score (nSPS) is 12.9. The topological polar surface area (TPSA) is 64.4 Å². The number of ether oxygens (including phenoxy) is 1. The minimum absolute atomic E-state index is 0.199. The van der Waals surface area contributed by atoms with Crippen LogP contribution in [0, 0.1) is 6.92 Å². The lowest BCUT2D eigenvalue weighted by atomic mass is 10.1. The summed E-state index contributed by atoms with van der Waals surface area (Å²) in [6.45, 7) is 1.79. The van der Waals surface area contributed by atoms with Gasteiger partial charge >= 0.3 is 0 Å². The Labute approximate surface area is 149 Å². The average molecular weight is 354 g/mol. The monoisotopic (exact) mass is 354 g/mol. The fraction of sp³-hybridized carbons (Fsp3) is 0.263. The van der Waals surface area contributed by atoms with E-state index in [1.54, 1.807) is 31.4 Å². The molecule has 6 heteroatoms. The quantitative estimate of drug-likeness (QED) is 0.751. The van der Waals surface area contributed by atoms with Crippen LogP contribution in [-0.2, 0) is 12.8 Å². The highest BCUT2D eigenvalue weighted by Crippen LogP contribution is 2.34. The number of furan rings is 1. The van der Waals surface area contributed by atoms with E-state index in [1.807, 2.05) is 24.3 Å². The van der Waals surface area contributed by atoms with Gasteiger partial charge in [0.05, 0.1) is 23.9 Å². The second-order valence-corrected chi connectivity index (χ2v) is 7.06. The number of carbonyl (C=O) groups is 1. The van der Waals surface area contributed by atoms with Crippen molar-refractivity contribution < 1.29 is 13.9 Å². The Hall–Kier alpha value is -2.60.